The Kier molecular flexibility index (Phi) is 4.50. The van der Waals surface area contributed by atoms with Gasteiger partial charge in [-0.3, -0.25) is 4.90 Å². The van der Waals surface area contributed by atoms with Crippen LogP contribution in [0.5, 0.6) is 0 Å². The van der Waals surface area contributed by atoms with E-state index in [-0.39, 0.29) is 18.5 Å². The number of hydrogen-bond donors (Lipinski definition) is 1. The van der Waals surface area contributed by atoms with Gasteiger partial charge in [-0.1, -0.05) is 15.9 Å². The smallest absolute Gasteiger partial charge is 0.127 e. The van der Waals surface area contributed by atoms with E-state index in [9.17, 15) is 4.39 Å². The lowest BCUT2D eigenvalue weighted by Crippen LogP contribution is -2.43. The van der Waals surface area contributed by atoms with E-state index >= 15 is 0 Å². The third kappa shape index (κ3) is 3.48. The van der Waals surface area contributed by atoms with Gasteiger partial charge in [-0.2, -0.15) is 0 Å². The molecule has 0 aliphatic carbocycles. The van der Waals surface area contributed by atoms with Gasteiger partial charge in [0.15, 0.2) is 0 Å². The molecule has 1 heterocycles. The molecule has 1 atom stereocenters. The van der Waals surface area contributed by atoms with Crippen LogP contribution in [0.4, 0.5) is 4.39 Å². The fraction of sp³-hybridized carbons (Fsp3) is 0.500. The number of benzene rings is 1. The summed E-state index contributed by atoms with van der Waals surface area (Å²) in [5.74, 6) is -0.194. The summed E-state index contributed by atoms with van der Waals surface area (Å²) >= 11 is 3.34. The Morgan fingerprint density at radius 3 is 3.12 bits per heavy atom. The second-order valence-electron chi connectivity index (χ2n) is 4.15. The van der Waals surface area contributed by atoms with Gasteiger partial charge in [0.25, 0.3) is 0 Å². The van der Waals surface area contributed by atoms with Gasteiger partial charge in [-0.15, -0.1) is 0 Å². The maximum absolute atomic E-state index is 13.6. The largest absolute Gasteiger partial charge is 0.394 e. The molecule has 0 amide bonds. The molecule has 1 unspecified atom stereocenters. The maximum Gasteiger partial charge on any atom is 0.127 e. The Labute approximate surface area is 108 Å². The van der Waals surface area contributed by atoms with Crippen molar-refractivity contribution in [1.82, 2.24) is 4.90 Å². The minimum absolute atomic E-state index is 0.0114. The number of ether oxygens (including phenoxy) is 1. The summed E-state index contributed by atoms with van der Waals surface area (Å²) in [6.07, 6.45) is -0.154. The second-order valence-corrected chi connectivity index (χ2v) is 5.06. The van der Waals surface area contributed by atoms with Crippen molar-refractivity contribution in [2.45, 2.75) is 12.6 Å². The molecule has 0 bridgehead atoms. The van der Waals surface area contributed by atoms with Crippen LogP contribution in [0.3, 0.4) is 0 Å². The number of hydrogen-bond acceptors (Lipinski definition) is 3. The van der Waals surface area contributed by atoms with Crippen LogP contribution in [0.2, 0.25) is 0 Å². The zero-order valence-electron chi connectivity index (χ0n) is 9.40. The first-order chi connectivity index (χ1) is 8.19. The molecule has 1 aliphatic rings. The van der Waals surface area contributed by atoms with Crippen LogP contribution in [-0.2, 0) is 11.3 Å². The number of aliphatic hydroxyl groups excluding tert-OH is 1. The molecular formula is C12H15BrFNO2. The fourth-order valence-electron chi connectivity index (χ4n) is 1.94. The van der Waals surface area contributed by atoms with Crippen LogP contribution in [-0.4, -0.2) is 42.4 Å². The van der Waals surface area contributed by atoms with Gasteiger partial charge in [0.1, 0.15) is 5.82 Å². The van der Waals surface area contributed by atoms with E-state index in [0.717, 1.165) is 11.0 Å². The molecule has 94 valence electrons. The van der Waals surface area contributed by atoms with Gasteiger partial charge >= 0.3 is 0 Å². The molecule has 0 radical (unpaired) electrons. The predicted octanol–water partition coefficient (Wildman–Crippen LogP) is 1.78. The van der Waals surface area contributed by atoms with Gasteiger partial charge in [0.05, 0.1) is 19.3 Å². The minimum Gasteiger partial charge on any atom is -0.394 e. The van der Waals surface area contributed by atoms with Crippen LogP contribution >= 0.6 is 15.9 Å². The first kappa shape index (κ1) is 13.0. The lowest BCUT2D eigenvalue weighted by atomic mass is 10.2. The third-order valence-electron chi connectivity index (χ3n) is 2.83. The quantitative estimate of drug-likeness (QED) is 0.924. The van der Waals surface area contributed by atoms with Crippen LogP contribution in [0, 0.1) is 5.82 Å². The van der Waals surface area contributed by atoms with Crippen molar-refractivity contribution in [3.05, 3.63) is 34.1 Å². The molecule has 2 rings (SSSR count). The van der Waals surface area contributed by atoms with Gasteiger partial charge in [-0.25, -0.2) is 4.39 Å². The van der Waals surface area contributed by atoms with E-state index in [1.165, 1.54) is 6.07 Å². The molecular weight excluding hydrogens is 289 g/mol. The zero-order valence-corrected chi connectivity index (χ0v) is 11.0. The number of morpholine rings is 1. The highest BCUT2D eigenvalue weighted by Gasteiger charge is 2.20. The summed E-state index contributed by atoms with van der Waals surface area (Å²) in [6.45, 7) is 2.55. The Balaban J connectivity index is 2.02. The number of halogens is 2. The molecule has 3 nitrogen and oxygen atoms in total. The van der Waals surface area contributed by atoms with E-state index in [4.69, 9.17) is 9.84 Å². The van der Waals surface area contributed by atoms with E-state index < -0.39 is 0 Å². The first-order valence-corrected chi connectivity index (χ1v) is 6.37. The van der Waals surface area contributed by atoms with Crippen LogP contribution in [0.15, 0.2) is 22.7 Å². The average Bonchev–Trinajstić information content (AvgIpc) is 2.34. The molecule has 1 fully saturated rings. The van der Waals surface area contributed by atoms with Crippen molar-refractivity contribution in [1.29, 1.82) is 0 Å². The average molecular weight is 304 g/mol. The monoisotopic (exact) mass is 303 g/mol. The topological polar surface area (TPSA) is 32.7 Å². The Morgan fingerprint density at radius 1 is 1.53 bits per heavy atom. The van der Waals surface area contributed by atoms with Gasteiger partial charge in [0, 0.05) is 29.7 Å². The molecule has 1 aromatic carbocycles. The van der Waals surface area contributed by atoms with Crippen molar-refractivity contribution in [2.75, 3.05) is 26.3 Å². The molecule has 1 saturated heterocycles. The fourth-order valence-corrected chi connectivity index (χ4v) is 2.35. The highest BCUT2D eigenvalue weighted by molar-refractivity contribution is 9.10. The SMILES string of the molecule is OCC1CN(Cc2cc(Br)ccc2F)CCO1. The maximum atomic E-state index is 13.6. The molecule has 0 aromatic heterocycles. The second kappa shape index (κ2) is 5.91. The van der Waals surface area contributed by atoms with Crippen LogP contribution in [0.1, 0.15) is 5.56 Å². The van der Waals surface area contributed by atoms with E-state index in [0.29, 0.717) is 25.3 Å². The van der Waals surface area contributed by atoms with Crippen molar-refractivity contribution in [3.8, 4) is 0 Å². The number of aliphatic hydroxyl groups is 1. The highest BCUT2D eigenvalue weighted by Crippen LogP contribution is 2.18. The van der Waals surface area contributed by atoms with E-state index in [1.54, 1.807) is 12.1 Å². The molecule has 0 spiro atoms. The number of nitrogens with zero attached hydrogens (tertiary/aromatic N) is 1. The van der Waals surface area contributed by atoms with Gasteiger partial charge in [0.2, 0.25) is 0 Å². The molecule has 1 N–H and O–H groups in total. The Bertz CT molecular complexity index is 389. The van der Waals surface area contributed by atoms with Crippen molar-refractivity contribution in [3.63, 3.8) is 0 Å². The Hall–Kier alpha value is -0.490. The first-order valence-electron chi connectivity index (χ1n) is 5.58. The van der Waals surface area contributed by atoms with Crippen LogP contribution < -0.4 is 0 Å². The standard InChI is InChI=1S/C12H15BrFNO2/c13-10-1-2-12(14)9(5-10)6-15-3-4-17-11(7-15)8-16/h1-2,5,11,16H,3-4,6-8H2. The van der Waals surface area contributed by atoms with Gasteiger partial charge in [-0.05, 0) is 18.2 Å². The third-order valence-corrected chi connectivity index (χ3v) is 3.32. The van der Waals surface area contributed by atoms with Crippen molar-refractivity contribution < 1.29 is 14.2 Å². The molecule has 1 aromatic rings. The van der Waals surface area contributed by atoms with Crippen molar-refractivity contribution in [2.24, 2.45) is 0 Å². The zero-order chi connectivity index (χ0) is 12.3. The predicted molar refractivity (Wildman–Crippen MR) is 66.2 cm³/mol. The molecule has 0 saturated carbocycles. The summed E-state index contributed by atoms with van der Waals surface area (Å²) in [5, 5.41) is 9.04. The molecule has 1 aliphatic heterocycles. The summed E-state index contributed by atoms with van der Waals surface area (Å²) < 4.78 is 19.8. The summed E-state index contributed by atoms with van der Waals surface area (Å²) in [5.41, 5.74) is 0.665. The molecule has 17 heavy (non-hydrogen) atoms. The Morgan fingerprint density at radius 2 is 2.35 bits per heavy atom. The normalized spacial score (nSPS) is 21.7. The highest BCUT2D eigenvalue weighted by atomic mass is 79.9. The van der Waals surface area contributed by atoms with Crippen molar-refractivity contribution >= 4 is 15.9 Å². The minimum atomic E-state index is -0.194. The van der Waals surface area contributed by atoms with E-state index in [1.807, 2.05) is 0 Å². The lowest BCUT2D eigenvalue weighted by molar-refractivity contribution is -0.0553. The number of rotatable bonds is 3. The molecule has 5 heteroatoms. The summed E-state index contributed by atoms with van der Waals surface area (Å²) in [7, 11) is 0. The van der Waals surface area contributed by atoms with Crippen LogP contribution in [0.25, 0.3) is 0 Å². The van der Waals surface area contributed by atoms with Gasteiger partial charge < -0.3 is 9.84 Å². The summed E-state index contributed by atoms with van der Waals surface area (Å²) in [4.78, 5) is 2.09. The van der Waals surface area contributed by atoms with E-state index in [2.05, 4.69) is 20.8 Å². The lowest BCUT2D eigenvalue weighted by Gasteiger charge is -2.32. The summed E-state index contributed by atoms with van der Waals surface area (Å²) in [6, 6.07) is 4.94.